The van der Waals surface area contributed by atoms with Crippen molar-refractivity contribution in [1.29, 1.82) is 0 Å². The van der Waals surface area contributed by atoms with Crippen molar-refractivity contribution in [2.24, 2.45) is 0 Å². The van der Waals surface area contributed by atoms with Crippen LogP contribution in [0.25, 0.3) is 21.5 Å². The lowest BCUT2D eigenvalue weighted by Crippen LogP contribution is -2.01. The largest absolute Gasteiger partial charge is 0.294 e. The van der Waals surface area contributed by atoms with E-state index in [1.165, 1.54) is 17.4 Å². The number of carbonyl (C=O) groups excluding carboxylic acids is 1. The second-order valence-electron chi connectivity index (χ2n) is 6.06. The number of Topliss-reactive ketones (excluding diaryl/α,β-unsaturated/α-hetero) is 1. The topological polar surface area (TPSA) is 45.8 Å². The number of nitrogens with one attached hydrogen (secondary N) is 1. The van der Waals surface area contributed by atoms with Gasteiger partial charge in [0.1, 0.15) is 11.5 Å². The average molecular weight is 419 g/mol. The molecule has 4 rings (SSSR count). The summed E-state index contributed by atoms with van der Waals surface area (Å²) in [6, 6.07) is 11.9. The molecule has 0 saturated heterocycles. The maximum Gasteiger partial charge on any atom is 0.164 e. The van der Waals surface area contributed by atoms with Crippen molar-refractivity contribution in [3.8, 4) is 10.6 Å². The Kier molecular flexibility index (Phi) is 5.00. The normalized spacial score (nSPS) is 11.2. The highest BCUT2D eigenvalue weighted by Crippen LogP contribution is 2.35. The average Bonchev–Trinajstić information content (AvgIpc) is 3.28. The molecule has 0 saturated carbocycles. The first-order valence-corrected chi connectivity index (χ1v) is 9.85. The van der Waals surface area contributed by atoms with E-state index in [0.717, 1.165) is 21.5 Å². The van der Waals surface area contributed by atoms with E-state index in [0.29, 0.717) is 21.2 Å². The summed E-state index contributed by atoms with van der Waals surface area (Å²) in [5.41, 5.74) is 2.50. The van der Waals surface area contributed by atoms with Crippen LogP contribution in [0.3, 0.4) is 0 Å². The molecular weight excluding hydrogens is 406 g/mol. The number of nitrogens with zero attached hydrogens (tertiary/aromatic N) is 1. The van der Waals surface area contributed by atoms with Gasteiger partial charge >= 0.3 is 0 Å². The highest BCUT2D eigenvalue weighted by molar-refractivity contribution is 7.14. The van der Waals surface area contributed by atoms with Gasteiger partial charge in [0.25, 0.3) is 0 Å². The quantitative estimate of drug-likeness (QED) is 0.373. The third-order valence-electron chi connectivity index (χ3n) is 4.36. The Morgan fingerprint density at radius 1 is 1.15 bits per heavy atom. The molecule has 2 aromatic carbocycles. The SMILES string of the molecule is O=C(CCc1c(F)cccc1Cl)c1csc(-c2n[nH]c3cccc(Cl)c23)c1. The summed E-state index contributed by atoms with van der Waals surface area (Å²) in [4.78, 5) is 13.4. The Morgan fingerprint density at radius 2 is 1.93 bits per heavy atom. The Balaban J connectivity index is 1.56. The number of rotatable bonds is 5. The first kappa shape index (κ1) is 18.2. The number of hydrogen-bond donors (Lipinski definition) is 1. The summed E-state index contributed by atoms with van der Waals surface area (Å²) in [5.74, 6) is -0.457. The highest BCUT2D eigenvalue weighted by atomic mass is 35.5. The zero-order valence-electron chi connectivity index (χ0n) is 13.9. The van der Waals surface area contributed by atoms with Crippen LogP contribution in [0.4, 0.5) is 4.39 Å². The van der Waals surface area contributed by atoms with E-state index in [9.17, 15) is 9.18 Å². The number of aromatic nitrogens is 2. The number of aromatic amines is 1. The molecule has 4 aromatic rings. The van der Waals surface area contributed by atoms with E-state index in [-0.39, 0.29) is 24.4 Å². The van der Waals surface area contributed by atoms with Crippen LogP contribution in [0.15, 0.2) is 47.8 Å². The standard InChI is InChI=1S/C20H13Cl2FN2OS/c21-13-3-1-5-15(23)12(13)7-8-17(26)11-9-18(27-10-11)20-19-14(22)4-2-6-16(19)24-25-20/h1-6,9-10H,7-8H2,(H,24,25). The Morgan fingerprint density at radius 3 is 2.74 bits per heavy atom. The summed E-state index contributed by atoms with van der Waals surface area (Å²) in [6.45, 7) is 0. The minimum atomic E-state index is -0.390. The van der Waals surface area contributed by atoms with Gasteiger partial charge in [0.05, 0.1) is 15.4 Å². The molecule has 2 heterocycles. The van der Waals surface area contributed by atoms with Gasteiger partial charge in [-0.05, 0) is 36.8 Å². The van der Waals surface area contributed by atoms with Crippen LogP contribution in [0, 0.1) is 5.82 Å². The molecule has 0 unspecified atom stereocenters. The zero-order valence-corrected chi connectivity index (χ0v) is 16.3. The maximum absolute atomic E-state index is 13.9. The summed E-state index contributed by atoms with van der Waals surface area (Å²) in [7, 11) is 0. The highest BCUT2D eigenvalue weighted by Gasteiger charge is 2.16. The number of H-pyrrole nitrogens is 1. The van der Waals surface area contributed by atoms with Gasteiger partial charge in [0, 0.05) is 33.3 Å². The Bertz CT molecular complexity index is 1130. The van der Waals surface area contributed by atoms with Crippen molar-refractivity contribution in [2.75, 3.05) is 0 Å². The molecular formula is C20H13Cl2FN2OS. The number of hydrogen-bond acceptors (Lipinski definition) is 3. The predicted molar refractivity (Wildman–Crippen MR) is 108 cm³/mol. The van der Waals surface area contributed by atoms with Crippen LogP contribution in [-0.2, 0) is 6.42 Å². The first-order valence-electron chi connectivity index (χ1n) is 8.22. The molecule has 0 aliphatic rings. The van der Waals surface area contributed by atoms with Crippen molar-refractivity contribution >= 4 is 51.2 Å². The van der Waals surface area contributed by atoms with E-state index in [1.807, 2.05) is 12.1 Å². The molecule has 0 atom stereocenters. The van der Waals surface area contributed by atoms with Crippen LogP contribution >= 0.6 is 34.5 Å². The minimum absolute atomic E-state index is 0.0669. The molecule has 0 amide bonds. The lowest BCUT2D eigenvalue weighted by Gasteiger charge is -2.04. The van der Waals surface area contributed by atoms with Crippen LogP contribution in [-0.4, -0.2) is 16.0 Å². The van der Waals surface area contributed by atoms with Gasteiger partial charge < -0.3 is 0 Å². The van der Waals surface area contributed by atoms with Crippen molar-refractivity contribution < 1.29 is 9.18 Å². The van der Waals surface area contributed by atoms with Gasteiger partial charge in [0.2, 0.25) is 0 Å². The van der Waals surface area contributed by atoms with Crippen molar-refractivity contribution in [3.05, 3.63) is 74.8 Å². The monoisotopic (exact) mass is 418 g/mol. The summed E-state index contributed by atoms with van der Waals surface area (Å²) in [5, 5.41) is 10.9. The van der Waals surface area contributed by atoms with Gasteiger partial charge in [-0.1, -0.05) is 35.3 Å². The Labute approximate surface area is 168 Å². The molecule has 27 heavy (non-hydrogen) atoms. The molecule has 0 aliphatic heterocycles. The third kappa shape index (κ3) is 3.50. The molecule has 1 N–H and O–H groups in total. The number of benzene rings is 2. The molecule has 7 heteroatoms. The number of halogens is 3. The lowest BCUT2D eigenvalue weighted by molar-refractivity contribution is 0.0983. The number of carbonyl (C=O) groups is 1. The third-order valence-corrected chi connectivity index (χ3v) is 5.96. The summed E-state index contributed by atoms with van der Waals surface area (Å²) < 4.78 is 13.9. The molecule has 0 bridgehead atoms. The fourth-order valence-corrected chi connectivity index (χ4v) is 4.40. The van der Waals surface area contributed by atoms with E-state index >= 15 is 0 Å². The van der Waals surface area contributed by atoms with Crippen LogP contribution in [0.5, 0.6) is 0 Å². The van der Waals surface area contributed by atoms with Crippen LogP contribution < -0.4 is 0 Å². The van der Waals surface area contributed by atoms with Gasteiger partial charge in [-0.3, -0.25) is 9.89 Å². The number of fused-ring (bicyclic) bond motifs is 1. The smallest absolute Gasteiger partial charge is 0.164 e. The van der Waals surface area contributed by atoms with Gasteiger partial charge in [-0.2, -0.15) is 5.10 Å². The van der Waals surface area contributed by atoms with Crippen LogP contribution in [0.1, 0.15) is 22.3 Å². The fourth-order valence-electron chi connectivity index (χ4n) is 2.97. The molecule has 3 nitrogen and oxygen atoms in total. The van der Waals surface area contributed by atoms with Crippen molar-refractivity contribution in [1.82, 2.24) is 10.2 Å². The first-order chi connectivity index (χ1) is 13.0. The molecule has 136 valence electrons. The Hall–Kier alpha value is -2.21. The van der Waals surface area contributed by atoms with Gasteiger partial charge in [0.15, 0.2) is 5.78 Å². The second-order valence-corrected chi connectivity index (χ2v) is 7.78. The number of ketones is 1. The maximum atomic E-state index is 13.9. The minimum Gasteiger partial charge on any atom is -0.294 e. The fraction of sp³-hybridized carbons (Fsp3) is 0.100. The molecule has 0 aliphatic carbocycles. The molecule has 0 spiro atoms. The predicted octanol–water partition coefficient (Wildman–Crippen LogP) is 6.55. The summed E-state index contributed by atoms with van der Waals surface area (Å²) >= 11 is 13.8. The second kappa shape index (κ2) is 7.43. The van der Waals surface area contributed by atoms with Crippen molar-refractivity contribution in [3.63, 3.8) is 0 Å². The van der Waals surface area contributed by atoms with Crippen LogP contribution in [0.2, 0.25) is 10.0 Å². The van der Waals surface area contributed by atoms with E-state index < -0.39 is 0 Å². The van der Waals surface area contributed by atoms with Gasteiger partial charge in [-0.25, -0.2) is 4.39 Å². The number of thiophene rings is 1. The van der Waals surface area contributed by atoms with E-state index in [2.05, 4.69) is 10.2 Å². The lowest BCUT2D eigenvalue weighted by atomic mass is 10.0. The molecule has 0 fully saturated rings. The molecule has 2 aromatic heterocycles. The van der Waals surface area contributed by atoms with E-state index in [1.54, 1.807) is 29.6 Å². The van der Waals surface area contributed by atoms with Gasteiger partial charge in [-0.15, -0.1) is 11.3 Å². The zero-order chi connectivity index (χ0) is 19.0. The molecule has 0 radical (unpaired) electrons. The van der Waals surface area contributed by atoms with Crippen molar-refractivity contribution in [2.45, 2.75) is 12.8 Å². The van der Waals surface area contributed by atoms with E-state index in [4.69, 9.17) is 23.2 Å². The summed E-state index contributed by atoms with van der Waals surface area (Å²) in [6.07, 6.45) is 0.436.